The molecule has 1 aromatic rings. The van der Waals surface area contributed by atoms with Crippen LogP contribution in [0.3, 0.4) is 0 Å². The molecule has 2 heterocycles. The Balaban J connectivity index is 1.43. The highest BCUT2D eigenvalue weighted by molar-refractivity contribution is 5.97. The summed E-state index contributed by atoms with van der Waals surface area (Å²) < 4.78 is 0. The van der Waals surface area contributed by atoms with Crippen LogP contribution in [0.1, 0.15) is 37.7 Å². The van der Waals surface area contributed by atoms with E-state index in [0.29, 0.717) is 5.92 Å². The van der Waals surface area contributed by atoms with E-state index in [9.17, 15) is 9.59 Å². The van der Waals surface area contributed by atoms with E-state index in [-0.39, 0.29) is 18.2 Å². The zero-order valence-corrected chi connectivity index (χ0v) is 13.7. The van der Waals surface area contributed by atoms with Gasteiger partial charge in [0.1, 0.15) is 6.42 Å². The van der Waals surface area contributed by atoms with Crippen molar-refractivity contribution in [1.82, 2.24) is 9.80 Å². The van der Waals surface area contributed by atoms with Crippen LogP contribution in [-0.4, -0.2) is 47.8 Å². The summed E-state index contributed by atoms with van der Waals surface area (Å²) in [5, 5.41) is 0. The van der Waals surface area contributed by atoms with Crippen molar-refractivity contribution < 1.29 is 9.59 Å². The second-order valence-corrected chi connectivity index (χ2v) is 6.78. The number of hydrogen-bond acceptors (Lipinski definition) is 2. The Morgan fingerprint density at radius 3 is 2.04 bits per heavy atom. The number of likely N-dealkylation sites (tertiary alicyclic amines) is 2. The van der Waals surface area contributed by atoms with E-state index in [1.807, 2.05) is 15.9 Å². The lowest BCUT2D eigenvalue weighted by Crippen LogP contribution is -2.41. The molecule has 0 N–H and O–H groups in total. The first-order chi connectivity index (χ1) is 11.2. The number of rotatable bonds is 4. The van der Waals surface area contributed by atoms with Gasteiger partial charge in [-0.15, -0.1) is 0 Å². The Morgan fingerprint density at radius 2 is 1.43 bits per heavy atom. The minimum Gasteiger partial charge on any atom is -0.342 e. The SMILES string of the molecule is O=C(CC(=O)N1CCC(Cc2ccccc2)CC1)N1CCCC1. The molecule has 0 aromatic heterocycles. The predicted octanol–water partition coefficient (Wildman–Crippen LogP) is 2.48. The third-order valence-electron chi connectivity index (χ3n) is 5.10. The Bertz CT molecular complexity index is 530. The van der Waals surface area contributed by atoms with Crippen LogP contribution in [0.25, 0.3) is 0 Å². The summed E-state index contributed by atoms with van der Waals surface area (Å²) in [4.78, 5) is 28.1. The van der Waals surface area contributed by atoms with Gasteiger partial charge in [0.25, 0.3) is 0 Å². The molecule has 23 heavy (non-hydrogen) atoms. The first kappa shape index (κ1) is 16.0. The molecule has 2 saturated heterocycles. The summed E-state index contributed by atoms with van der Waals surface area (Å²) in [6.07, 6.45) is 5.38. The average molecular weight is 314 g/mol. The van der Waals surface area contributed by atoms with Crippen molar-refractivity contribution in [2.45, 2.75) is 38.5 Å². The standard InChI is InChI=1S/C19H26N2O2/c22-18(20-10-4-5-11-20)15-19(23)21-12-8-17(9-13-21)14-16-6-2-1-3-7-16/h1-3,6-7,17H,4-5,8-15H2. The molecule has 124 valence electrons. The maximum absolute atomic E-state index is 12.3. The molecule has 4 nitrogen and oxygen atoms in total. The number of amides is 2. The highest BCUT2D eigenvalue weighted by atomic mass is 16.2. The molecule has 2 amide bonds. The van der Waals surface area contributed by atoms with Crippen LogP contribution in [0.15, 0.2) is 30.3 Å². The summed E-state index contributed by atoms with van der Waals surface area (Å²) in [6.45, 7) is 3.24. The third kappa shape index (κ3) is 4.34. The van der Waals surface area contributed by atoms with Gasteiger partial charge >= 0.3 is 0 Å². The Morgan fingerprint density at radius 1 is 0.870 bits per heavy atom. The molecule has 2 aliphatic heterocycles. The van der Waals surface area contributed by atoms with Gasteiger partial charge in [-0.05, 0) is 43.6 Å². The Kier molecular flexibility index (Phi) is 5.31. The van der Waals surface area contributed by atoms with Crippen molar-refractivity contribution in [2.75, 3.05) is 26.2 Å². The van der Waals surface area contributed by atoms with Gasteiger partial charge in [0.2, 0.25) is 11.8 Å². The number of nitrogens with zero attached hydrogens (tertiary/aromatic N) is 2. The van der Waals surface area contributed by atoms with Gasteiger partial charge in [-0.3, -0.25) is 9.59 Å². The maximum atomic E-state index is 12.3. The average Bonchev–Trinajstić information content (AvgIpc) is 3.11. The zero-order valence-electron chi connectivity index (χ0n) is 13.7. The Hall–Kier alpha value is -1.84. The molecule has 0 aliphatic carbocycles. The smallest absolute Gasteiger partial charge is 0.232 e. The number of hydrogen-bond donors (Lipinski definition) is 0. The summed E-state index contributed by atoms with van der Waals surface area (Å²) in [5.74, 6) is 0.676. The van der Waals surface area contributed by atoms with Crippen LogP contribution in [0.2, 0.25) is 0 Å². The van der Waals surface area contributed by atoms with E-state index in [0.717, 1.165) is 58.3 Å². The minimum absolute atomic E-state index is 0.0129. The lowest BCUT2D eigenvalue weighted by atomic mass is 9.90. The van der Waals surface area contributed by atoms with Gasteiger partial charge in [-0.25, -0.2) is 0 Å². The number of carbonyl (C=O) groups excluding carboxylic acids is 2. The minimum atomic E-state index is 0.0129. The van der Waals surface area contributed by atoms with E-state index in [2.05, 4.69) is 24.3 Å². The van der Waals surface area contributed by atoms with E-state index >= 15 is 0 Å². The summed E-state index contributed by atoms with van der Waals surface area (Å²) >= 11 is 0. The monoisotopic (exact) mass is 314 g/mol. The van der Waals surface area contributed by atoms with E-state index in [1.165, 1.54) is 5.56 Å². The van der Waals surface area contributed by atoms with Gasteiger partial charge < -0.3 is 9.80 Å². The van der Waals surface area contributed by atoms with E-state index < -0.39 is 0 Å². The third-order valence-corrected chi connectivity index (χ3v) is 5.10. The molecule has 0 atom stereocenters. The lowest BCUT2D eigenvalue weighted by Gasteiger charge is -2.32. The summed E-state index contributed by atoms with van der Waals surface area (Å²) in [6, 6.07) is 10.6. The van der Waals surface area contributed by atoms with Crippen LogP contribution in [0.4, 0.5) is 0 Å². The molecule has 0 bridgehead atoms. The fourth-order valence-electron chi connectivity index (χ4n) is 3.65. The van der Waals surface area contributed by atoms with Gasteiger partial charge in [0.05, 0.1) is 0 Å². The number of benzene rings is 1. The Labute approximate surface area is 138 Å². The summed E-state index contributed by atoms with van der Waals surface area (Å²) in [7, 11) is 0. The molecule has 0 spiro atoms. The van der Waals surface area contributed by atoms with Gasteiger partial charge in [-0.1, -0.05) is 30.3 Å². The quantitative estimate of drug-likeness (QED) is 0.801. The predicted molar refractivity (Wildman–Crippen MR) is 89.9 cm³/mol. The van der Waals surface area contributed by atoms with Crippen molar-refractivity contribution in [3.8, 4) is 0 Å². The highest BCUT2D eigenvalue weighted by Crippen LogP contribution is 2.22. The zero-order chi connectivity index (χ0) is 16.1. The second-order valence-electron chi connectivity index (χ2n) is 6.78. The lowest BCUT2D eigenvalue weighted by molar-refractivity contribution is -0.140. The van der Waals surface area contributed by atoms with Crippen LogP contribution < -0.4 is 0 Å². The first-order valence-corrected chi connectivity index (χ1v) is 8.82. The molecule has 3 rings (SSSR count). The van der Waals surface area contributed by atoms with Gasteiger partial charge in [0, 0.05) is 26.2 Å². The van der Waals surface area contributed by atoms with Crippen LogP contribution in [0.5, 0.6) is 0 Å². The highest BCUT2D eigenvalue weighted by Gasteiger charge is 2.26. The number of carbonyl (C=O) groups is 2. The molecule has 4 heteroatoms. The molecule has 2 aliphatic rings. The van der Waals surface area contributed by atoms with Gasteiger partial charge in [-0.2, -0.15) is 0 Å². The van der Waals surface area contributed by atoms with Crippen LogP contribution >= 0.6 is 0 Å². The molecule has 0 unspecified atom stereocenters. The molecular formula is C19H26N2O2. The maximum Gasteiger partial charge on any atom is 0.232 e. The van der Waals surface area contributed by atoms with Crippen molar-refractivity contribution in [2.24, 2.45) is 5.92 Å². The van der Waals surface area contributed by atoms with Crippen molar-refractivity contribution in [1.29, 1.82) is 0 Å². The normalized spacial score (nSPS) is 19.1. The fraction of sp³-hybridized carbons (Fsp3) is 0.579. The number of piperidine rings is 1. The largest absolute Gasteiger partial charge is 0.342 e. The van der Waals surface area contributed by atoms with Gasteiger partial charge in [0.15, 0.2) is 0 Å². The van der Waals surface area contributed by atoms with E-state index in [4.69, 9.17) is 0 Å². The molecule has 1 aromatic carbocycles. The second kappa shape index (κ2) is 7.62. The molecule has 0 radical (unpaired) electrons. The van der Waals surface area contributed by atoms with Crippen molar-refractivity contribution in [3.05, 3.63) is 35.9 Å². The first-order valence-electron chi connectivity index (χ1n) is 8.82. The molecule has 0 saturated carbocycles. The fourth-order valence-corrected chi connectivity index (χ4v) is 3.65. The topological polar surface area (TPSA) is 40.6 Å². The summed E-state index contributed by atoms with van der Waals surface area (Å²) in [5.41, 5.74) is 1.38. The van der Waals surface area contributed by atoms with Crippen LogP contribution in [-0.2, 0) is 16.0 Å². The molecule has 2 fully saturated rings. The van der Waals surface area contributed by atoms with Crippen molar-refractivity contribution in [3.63, 3.8) is 0 Å². The molecular weight excluding hydrogens is 288 g/mol. The van der Waals surface area contributed by atoms with Crippen LogP contribution in [0, 0.1) is 5.92 Å². The van der Waals surface area contributed by atoms with E-state index in [1.54, 1.807) is 0 Å². The van der Waals surface area contributed by atoms with Crippen molar-refractivity contribution >= 4 is 11.8 Å².